The molecule has 2 aromatic heterocycles. The molecule has 0 aromatic carbocycles. The number of barbiturate groups is 1. The van der Waals surface area contributed by atoms with Crippen LogP contribution in [0.2, 0.25) is 0 Å². The summed E-state index contributed by atoms with van der Waals surface area (Å²) >= 11 is 0. The standard InChI is InChI=1S/C10H9N3O3.C7H9N3O.C5H8O4/c1-6-3-2-4-7(11-6)13-9(15)5-8(14)12-10(13)16;1-5-3-2-4-6(9-5)10-7(8)11;1-8-4(6)3-5(7)9-2/h2-4H,5H2,1H3,(H,12,14,16);2-4H,1H3,(H3,8,9,10,11);3H2,1-2H3. The molecule has 0 radical (unpaired) electrons. The van der Waals surface area contributed by atoms with Crippen LogP contribution in [-0.2, 0) is 28.7 Å². The molecule has 0 spiro atoms. The van der Waals surface area contributed by atoms with Crippen LogP contribution in [0.4, 0.5) is 21.2 Å². The van der Waals surface area contributed by atoms with Crippen molar-refractivity contribution in [3.8, 4) is 0 Å². The average Bonchev–Trinajstić information content (AvgIpc) is 2.79. The summed E-state index contributed by atoms with van der Waals surface area (Å²) in [4.78, 5) is 73.7. The van der Waals surface area contributed by atoms with Crippen molar-refractivity contribution in [1.82, 2.24) is 15.3 Å². The van der Waals surface area contributed by atoms with Gasteiger partial charge in [0.2, 0.25) is 11.8 Å². The molecule has 0 unspecified atom stereocenters. The topological polar surface area (TPSA) is 200 Å². The molecule has 2 aromatic rings. The molecule has 0 atom stereocenters. The predicted molar refractivity (Wildman–Crippen MR) is 125 cm³/mol. The van der Waals surface area contributed by atoms with Crippen molar-refractivity contribution in [2.45, 2.75) is 26.7 Å². The minimum atomic E-state index is -0.751. The zero-order valence-corrected chi connectivity index (χ0v) is 20.1. The first-order valence-corrected chi connectivity index (χ1v) is 10.2. The molecule has 1 aliphatic heterocycles. The Labute approximate surface area is 206 Å². The van der Waals surface area contributed by atoms with Crippen molar-refractivity contribution < 1.29 is 38.2 Å². The number of nitrogens with two attached hydrogens (primary N) is 1. The summed E-state index contributed by atoms with van der Waals surface area (Å²) in [6.07, 6.45) is -0.644. The van der Waals surface area contributed by atoms with Gasteiger partial charge in [0, 0.05) is 11.4 Å². The van der Waals surface area contributed by atoms with Crippen molar-refractivity contribution in [3.05, 3.63) is 47.8 Å². The van der Waals surface area contributed by atoms with Gasteiger partial charge < -0.3 is 15.2 Å². The van der Waals surface area contributed by atoms with E-state index >= 15 is 0 Å². The number of amides is 6. The molecule has 1 saturated heterocycles. The second-order valence-corrected chi connectivity index (χ2v) is 6.88. The van der Waals surface area contributed by atoms with Crippen LogP contribution in [0.5, 0.6) is 0 Å². The van der Waals surface area contributed by atoms with Gasteiger partial charge in [0.05, 0.1) is 14.2 Å². The Balaban J connectivity index is 0.000000286. The Morgan fingerprint density at radius 3 is 2.00 bits per heavy atom. The van der Waals surface area contributed by atoms with E-state index < -0.39 is 35.8 Å². The first kappa shape index (κ1) is 29.2. The Bertz CT molecular complexity index is 1100. The Morgan fingerprint density at radius 2 is 1.53 bits per heavy atom. The highest BCUT2D eigenvalue weighted by atomic mass is 16.5. The zero-order valence-electron chi connectivity index (χ0n) is 20.1. The maximum absolute atomic E-state index is 11.5. The third-order valence-corrected chi connectivity index (χ3v) is 4.00. The number of urea groups is 2. The number of methoxy groups -OCH3 is 2. The van der Waals surface area contributed by atoms with E-state index in [0.717, 1.165) is 10.6 Å². The van der Waals surface area contributed by atoms with Gasteiger partial charge in [0.25, 0.3) is 0 Å². The molecule has 4 N–H and O–H groups in total. The lowest BCUT2D eigenvalue weighted by molar-refractivity contribution is -0.151. The second-order valence-electron chi connectivity index (χ2n) is 6.88. The monoisotopic (exact) mass is 502 g/mol. The van der Waals surface area contributed by atoms with Gasteiger partial charge in [-0.1, -0.05) is 12.1 Å². The number of hydrogen-bond donors (Lipinski definition) is 3. The average molecular weight is 502 g/mol. The van der Waals surface area contributed by atoms with Crippen molar-refractivity contribution in [2.24, 2.45) is 5.73 Å². The number of ether oxygens (including phenoxy) is 2. The van der Waals surface area contributed by atoms with E-state index in [-0.39, 0.29) is 18.7 Å². The quantitative estimate of drug-likeness (QED) is 0.399. The molecule has 3 rings (SSSR count). The molecule has 1 fully saturated rings. The molecule has 3 heterocycles. The Kier molecular flexibility index (Phi) is 11.7. The molecule has 1 aliphatic rings. The fourth-order valence-electron chi connectivity index (χ4n) is 2.44. The molecular weight excluding hydrogens is 476 g/mol. The zero-order chi connectivity index (χ0) is 27.3. The summed E-state index contributed by atoms with van der Waals surface area (Å²) in [5, 5.41) is 4.44. The maximum atomic E-state index is 11.5. The molecule has 36 heavy (non-hydrogen) atoms. The number of anilines is 2. The summed E-state index contributed by atoms with van der Waals surface area (Å²) in [7, 11) is 2.43. The van der Waals surface area contributed by atoms with Crippen molar-refractivity contribution >= 4 is 47.5 Å². The number of nitrogens with zero attached hydrogens (tertiary/aromatic N) is 3. The molecule has 0 saturated carbocycles. The molecule has 14 nitrogen and oxygen atoms in total. The minimum absolute atomic E-state index is 0.231. The number of primary amides is 1. The van der Waals surface area contributed by atoms with Gasteiger partial charge in [0.15, 0.2) is 0 Å². The molecule has 192 valence electrons. The number of esters is 2. The third-order valence-electron chi connectivity index (χ3n) is 4.00. The van der Waals surface area contributed by atoms with Crippen molar-refractivity contribution in [3.63, 3.8) is 0 Å². The van der Waals surface area contributed by atoms with Gasteiger partial charge in [-0.2, -0.15) is 0 Å². The van der Waals surface area contributed by atoms with E-state index in [1.165, 1.54) is 14.2 Å². The highest BCUT2D eigenvalue weighted by molar-refractivity contribution is 6.25. The van der Waals surface area contributed by atoms with Gasteiger partial charge in [0.1, 0.15) is 24.5 Å². The van der Waals surface area contributed by atoms with E-state index in [2.05, 4.69) is 30.1 Å². The number of hydrogen-bond acceptors (Lipinski definition) is 10. The van der Waals surface area contributed by atoms with E-state index in [1.807, 2.05) is 13.0 Å². The molecule has 0 bridgehead atoms. The SMILES string of the molecule is COC(=O)CC(=O)OC.Cc1cccc(N2C(=O)CC(=O)NC2=O)n1.Cc1cccc(NC(N)=O)n1. The highest BCUT2D eigenvalue weighted by Gasteiger charge is 2.32. The molecule has 0 aliphatic carbocycles. The summed E-state index contributed by atoms with van der Waals surface area (Å²) in [5.74, 6) is -1.60. The van der Waals surface area contributed by atoms with Gasteiger partial charge in [-0.3, -0.25) is 29.8 Å². The van der Waals surface area contributed by atoms with Gasteiger partial charge in [-0.15, -0.1) is 0 Å². The Morgan fingerprint density at radius 1 is 0.972 bits per heavy atom. The number of rotatable bonds is 4. The smallest absolute Gasteiger partial charge is 0.336 e. The molecule has 14 heteroatoms. The van der Waals surface area contributed by atoms with E-state index in [0.29, 0.717) is 11.5 Å². The van der Waals surface area contributed by atoms with Crippen LogP contribution < -0.4 is 21.3 Å². The third kappa shape index (κ3) is 10.4. The lowest BCUT2D eigenvalue weighted by Gasteiger charge is -2.23. The molecule has 6 amide bonds. The lowest BCUT2D eigenvalue weighted by Crippen LogP contribution is -2.53. The lowest BCUT2D eigenvalue weighted by atomic mass is 10.2. The van der Waals surface area contributed by atoms with E-state index in [4.69, 9.17) is 5.73 Å². The second kappa shape index (κ2) is 14.4. The first-order valence-electron chi connectivity index (χ1n) is 10.2. The van der Waals surface area contributed by atoms with Crippen LogP contribution >= 0.6 is 0 Å². The number of pyridine rings is 2. The normalized spacial score (nSPS) is 12.1. The number of carbonyl (C=O) groups excluding carboxylic acids is 6. The Hall–Kier alpha value is -4.88. The van der Waals surface area contributed by atoms with Crippen LogP contribution in [0.3, 0.4) is 0 Å². The fourth-order valence-corrected chi connectivity index (χ4v) is 2.44. The van der Waals surface area contributed by atoms with E-state index in [1.54, 1.807) is 37.3 Å². The fraction of sp³-hybridized carbons (Fsp3) is 0.273. The van der Waals surface area contributed by atoms with E-state index in [9.17, 15) is 28.8 Å². The van der Waals surface area contributed by atoms with Gasteiger partial charge in [-0.25, -0.2) is 24.5 Å². The number of carbonyl (C=O) groups is 6. The number of nitrogens with one attached hydrogen (secondary N) is 2. The van der Waals surface area contributed by atoms with Crippen LogP contribution in [0.1, 0.15) is 24.2 Å². The van der Waals surface area contributed by atoms with Crippen LogP contribution in [0.25, 0.3) is 0 Å². The highest BCUT2D eigenvalue weighted by Crippen LogP contribution is 2.15. The minimum Gasteiger partial charge on any atom is -0.469 e. The van der Waals surface area contributed by atoms with Crippen LogP contribution in [-0.4, -0.2) is 60.0 Å². The predicted octanol–water partition coefficient (Wildman–Crippen LogP) is 0.966. The van der Waals surface area contributed by atoms with Crippen LogP contribution in [0.15, 0.2) is 36.4 Å². The van der Waals surface area contributed by atoms with Crippen molar-refractivity contribution in [1.29, 1.82) is 0 Å². The van der Waals surface area contributed by atoms with Gasteiger partial charge in [-0.05, 0) is 38.1 Å². The molecular formula is C22H26N6O8. The summed E-state index contributed by atoms with van der Waals surface area (Å²) in [5.41, 5.74) is 6.42. The number of aromatic nitrogens is 2. The number of aryl methyl sites for hydroxylation is 2. The van der Waals surface area contributed by atoms with Crippen LogP contribution in [0, 0.1) is 13.8 Å². The summed E-state index contributed by atoms with van der Waals surface area (Å²) < 4.78 is 8.37. The maximum Gasteiger partial charge on any atom is 0.336 e. The number of imide groups is 2. The first-order chi connectivity index (χ1) is 17.0. The van der Waals surface area contributed by atoms with Gasteiger partial charge >= 0.3 is 24.0 Å². The largest absolute Gasteiger partial charge is 0.469 e. The van der Waals surface area contributed by atoms with Crippen molar-refractivity contribution in [2.75, 3.05) is 24.4 Å². The summed E-state index contributed by atoms with van der Waals surface area (Å²) in [6, 6.07) is 8.95. The summed E-state index contributed by atoms with van der Waals surface area (Å²) in [6.45, 7) is 3.59.